The van der Waals surface area contributed by atoms with E-state index in [9.17, 15) is 4.79 Å². The van der Waals surface area contributed by atoms with Crippen molar-refractivity contribution in [2.45, 2.75) is 31.8 Å². The second-order valence-corrected chi connectivity index (χ2v) is 6.05. The van der Waals surface area contributed by atoms with Gasteiger partial charge in [0.25, 0.3) is 0 Å². The van der Waals surface area contributed by atoms with Gasteiger partial charge in [-0.25, -0.2) is 4.98 Å². The van der Waals surface area contributed by atoms with Gasteiger partial charge in [0, 0.05) is 31.3 Å². The summed E-state index contributed by atoms with van der Waals surface area (Å²) in [5.74, 6) is 2.01. The van der Waals surface area contributed by atoms with Crippen LogP contribution >= 0.6 is 24.8 Å². The zero-order chi connectivity index (χ0) is 17.5. The smallest absolute Gasteiger partial charge is 0.221 e. The zero-order valence-electron chi connectivity index (χ0n) is 15.1. The number of pyridine rings is 1. The number of aromatic nitrogens is 1. The van der Waals surface area contributed by atoms with Gasteiger partial charge in [0.1, 0.15) is 11.5 Å². The molecule has 2 aromatic rings. The van der Waals surface area contributed by atoms with Crippen LogP contribution in [0.25, 0.3) is 0 Å². The molecule has 1 aromatic carbocycles. The summed E-state index contributed by atoms with van der Waals surface area (Å²) in [6.07, 6.45) is 4.43. The van der Waals surface area contributed by atoms with E-state index in [1.165, 1.54) is 0 Å². The Morgan fingerprint density at radius 3 is 2.63 bits per heavy atom. The molecule has 3 rings (SSSR count). The Balaban J connectivity index is 0.00000182. The number of hydrogen-bond donors (Lipinski definition) is 2. The molecule has 1 fully saturated rings. The lowest BCUT2D eigenvalue weighted by molar-refractivity contribution is -0.121. The third-order valence-corrected chi connectivity index (χ3v) is 4.16. The fourth-order valence-corrected chi connectivity index (χ4v) is 2.81. The topological polar surface area (TPSA) is 72.5 Å². The Labute approximate surface area is 171 Å². The molecule has 1 amide bonds. The van der Waals surface area contributed by atoms with Crippen molar-refractivity contribution in [3.05, 3.63) is 48.2 Å². The minimum Gasteiger partial charge on any atom is -0.497 e. The minimum absolute atomic E-state index is 0. The number of rotatable bonds is 7. The van der Waals surface area contributed by atoms with Crippen molar-refractivity contribution in [2.75, 3.05) is 13.7 Å². The van der Waals surface area contributed by atoms with Gasteiger partial charge in [-0.1, -0.05) is 0 Å². The average Bonchev–Trinajstić information content (AvgIpc) is 3.14. The molecule has 27 heavy (non-hydrogen) atoms. The zero-order valence-corrected chi connectivity index (χ0v) is 16.8. The van der Waals surface area contributed by atoms with Crippen LogP contribution in [0.5, 0.6) is 17.4 Å². The molecular weight excluding hydrogens is 389 g/mol. The van der Waals surface area contributed by atoms with Crippen LogP contribution in [0.15, 0.2) is 42.6 Å². The molecule has 1 aromatic heterocycles. The van der Waals surface area contributed by atoms with Gasteiger partial charge in [-0.3, -0.25) is 4.79 Å². The van der Waals surface area contributed by atoms with E-state index < -0.39 is 0 Å². The third-order valence-electron chi connectivity index (χ3n) is 4.16. The highest BCUT2D eigenvalue weighted by atomic mass is 35.5. The van der Waals surface area contributed by atoms with E-state index in [4.69, 9.17) is 9.47 Å². The quantitative estimate of drug-likeness (QED) is 0.726. The summed E-state index contributed by atoms with van der Waals surface area (Å²) in [7, 11) is 1.62. The van der Waals surface area contributed by atoms with Crippen molar-refractivity contribution in [1.29, 1.82) is 0 Å². The van der Waals surface area contributed by atoms with Gasteiger partial charge < -0.3 is 20.1 Å². The van der Waals surface area contributed by atoms with Gasteiger partial charge in [0.15, 0.2) is 0 Å². The summed E-state index contributed by atoms with van der Waals surface area (Å²) in [6.45, 7) is 1.47. The monoisotopic (exact) mass is 413 g/mol. The number of nitrogens with one attached hydrogen (secondary N) is 2. The molecule has 1 aliphatic heterocycles. The molecule has 1 atom stereocenters. The lowest BCUT2D eigenvalue weighted by Gasteiger charge is -2.11. The second kappa shape index (κ2) is 11.6. The van der Waals surface area contributed by atoms with Crippen molar-refractivity contribution < 1.29 is 14.3 Å². The van der Waals surface area contributed by atoms with Gasteiger partial charge in [-0.15, -0.1) is 24.8 Å². The summed E-state index contributed by atoms with van der Waals surface area (Å²) in [6, 6.07) is 11.3. The first-order valence-electron chi connectivity index (χ1n) is 8.50. The Kier molecular flexibility index (Phi) is 9.93. The summed E-state index contributed by atoms with van der Waals surface area (Å²) < 4.78 is 10.9. The molecule has 0 bridgehead atoms. The number of methoxy groups -OCH3 is 1. The number of benzene rings is 1. The van der Waals surface area contributed by atoms with E-state index in [0.717, 1.165) is 30.7 Å². The fourth-order valence-electron chi connectivity index (χ4n) is 2.81. The maximum atomic E-state index is 12.0. The molecule has 0 saturated carbocycles. The maximum Gasteiger partial charge on any atom is 0.221 e. The fraction of sp³-hybridized carbons (Fsp3) is 0.368. The molecule has 8 heteroatoms. The van der Waals surface area contributed by atoms with Gasteiger partial charge in [0.2, 0.25) is 11.8 Å². The molecule has 0 spiro atoms. The molecule has 2 N–H and O–H groups in total. The number of ether oxygens (including phenoxy) is 2. The highest BCUT2D eigenvalue weighted by Gasteiger charge is 2.17. The van der Waals surface area contributed by atoms with E-state index >= 15 is 0 Å². The first-order valence-corrected chi connectivity index (χ1v) is 8.50. The molecule has 2 heterocycles. The standard InChI is InChI=1S/C19H23N3O3.2ClH/c1-24-16-4-6-17(7-5-16)25-19-11-14(8-10-21-19)13-22-18(23)12-15-3-2-9-20-15;;/h4-8,10-11,15,20H,2-3,9,12-13H2,1H3,(H,22,23);2*1H. The number of nitrogens with zero attached hydrogens (tertiary/aromatic N) is 1. The Bertz CT molecular complexity index is 708. The number of halogens is 2. The van der Waals surface area contributed by atoms with Crippen LogP contribution in [0.1, 0.15) is 24.8 Å². The predicted molar refractivity (Wildman–Crippen MR) is 109 cm³/mol. The predicted octanol–water partition coefficient (Wildman–Crippen LogP) is 3.48. The van der Waals surface area contributed by atoms with Gasteiger partial charge >= 0.3 is 0 Å². The van der Waals surface area contributed by atoms with Crippen LogP contribution in [-0.4, -0.2) is 30.6 Å². The van der Waals surface area contributed by atoms with Crippen LogP contribution in [-0.2, 0) is 11.3 Å². The Morgan fingerprint density at radius 1 is 1.22 bits per heavy atom. The first kappa shape index (κ1) is 23.0. The van der Waals surface area contributed by atoms with Crippen molar-refractivity contribution in [2.24, 2.45) is 0 Å². The van der Waals surface area contributed by atoms with Crippen LogP contribution in [0.4, 0.5) is 0 Å². The van der Waals surface area contributed by atoms with E-state index in [1.807, 2.05) is 36.4 Å². The largest absolute Gasteiger partial charge is 0.497 e. The third kappa shape index (κ3) is 7.25. The first-order chi connectivity index (χ1) is 12.2. The second-order valence-electron chi connectivity index (χ2n) is 6.05. The number of amides is 1. The van der Waals surface area contributed by atoms with Crippen LogP contribution in [0, 0.1) is 0 Å². The molecule has 0 radical (unpaired) electrons. The van der Waals surface area contributed by atoms with Crippen molar-refractivity contribution in [3.63, 3.8) is 0 Å². The number of hydrogen-bond acceptors (Lipinski definition) is 5. The maximum absolute atomic E-state index is 12.0. The van der Waals surface area contributed by atoms with E-state index in [-0.39, 0.29) is 30.7 Å². The summed E-state index contributed by atoms with van der Waals surface area (Å²) in [5.41, 5.74) is 0.950. The molecule has 6 nitrogen and oxygen atoms in total. The van der Waals surface area contributed by atoms with Crippen LogP contribution < -0.4 is 20.1 Å². The van der Waals surface area contributed by atoms with Crippen molar-refractivity contribution >= 4 is 30.7 Å². The Hall–Kier alpha value is -2.02. The van der Waals surface area contributed by atoms with E-state index in [0.29, 0.717) is 30.6 Å². The molecule has 1 saturated heterocycles. The van der Waals surface area contributed by atoms with Gasteiger partial charge in [0.05, 0.1) is 7.11 Å². The molecule has 0 aliphatic carbocycles. The summed E-state index contributed by atoms with van der Waals surface area (Å²) in [5, 5.41) is 6.28. The lowest BCUT2D eigenvalue weighted by atomic mass is 10.1. The van der Waals surface area contributed by atoms with Crippen LogP contribution in [0.3, 0.4) is 0 Å². The van der Waals surface area contributed by atoms with Crippen molar-refractivity contribution in [1.82, 2.24) is 15.6 Å². The van der Waals surface area contributed by atoms with Crippen LogP contribution in [0.2, 0.25) is 0 Å². The highest BCUT2D eigenvalue weighted by Crippen LogP contribution is 2.22. The van der Waals surface area contributed by atoms with Crippen molar-refractivity contribution in [3.8, 4) is 17.4 Å². The van der Waals surface area contributed by atoms with E-state index in [2.05, 4.69) is 15.6 Å². The molecule has 1 aliphatic rings. The number of carbonyl (C=O) groups is 1. The number of carbonyl (C=O) groups excluding carboxylic acids is 1. The SMILES string of the molecule is COc1ccc(Oc2cc(CNC(=O)CC3CCCN3)ccn2)cc1.Cl.Cl. The summed E-state index contributed by atoms with van der Waals surface area (Å²) >= 11 is 0. The van der Waals surface area contributed by atoms with Gasteiger partial charge in [-0.05, 0) is 55.3 Å². The van der Waals surface area contributed by atoms with Gasteiger partial charge in [-0.2, -0.15) is 0 Å². The highest BCUT2D eigenvalue weighted by molar-refractivity contribution is 5.85. The molecular formula is C19H25Cl2N3O3. The molecule has 148 valence electrons. The molecule has 1 unspecified atom stereocenters. The van der Waals surface area contributed by atoms with E-state index in [1.54, 1.807) is 13.3 Å². The average molecular weight is 414 g/mol. The lowest BCUT2D eigenvalue weighted by Crippen LogP contribution is -2.31. The Morgan fingerprint density at radius 2 is 1.96 bits per heavy atom. The normalized spacial score (nSPS) is 15.2. The summed E-state index contributed by atoms with van der Waals surface area (Å²) in [4.78, 5) is 16.2. The minimum atomic E-state index is 0.